The number of hydrogen-bond donors (Lipinski definition) is 3. The molecule has 1 aliphatic heterocycles. The number of hydrazine groups is 1. The van der Waals surface area contributed by atoms with Gasteiger partial charge in [-0.05, 0) is 62.8 Å². The van der Waals surface area contributed by atoms with Crippen LogP contribution in [0, 0.1) is 12.8 Å². The smallest absolute Gasteiger partial charge is 0.266 e. The van der Waals surface area contributed by atoms with E-state index >= 15 is 0 Å². The van der Waals surface area contributed by atoms with Gasteiger partial charge in [-0.2, -0.15) is 0 Å². The molecule has 1 aromatic heterocycles. The molecule has 8 heteroatoms. The Labute approximate surface area is 182 Å². The van der Waals surface area contributed by atoms with E-state index in [-0.39, 0.29) is 17.9 Å². The van der Waals surface area contributed by atoms with Crippen molar-refractivity contribution in [1.29, 1.82) is 0 Å². The SMILES string of the molecule is COc1cccc(C(=O)NC2CC3CCCN(c4ccc(C(=O)NN)cn4)C3C2)c1C. The average molecular weight is 424 g/mol. The van der Waals surface area contributed by atoms with Crippen LogP contribution in [0.25, 0.3) is 0 Å². The minimum Gasteiger partial charge on any atom is -0.496 e. The van der Waals surface area contributed by atoms with Crippen LogP contribution >= 0.6 is 0 Å². The van der Waals surface area contributed by atoms with E-state index in [4.69, 9.17) is 10.6 Å². The summed E-state index contributed by atoms with van der Waals surface area (Å²) in [5.74, 6) is 6.88. The summed E-state index contributed by atoms with van der Waals surface area (Å²) in [6.07, 6.45) is 5.64. The highest BCUT2D eigenvalue weighted by Gasteiger charge is 2.41. The zero-order valence-electron chi connectivity index (χ0n) is 17.9. The number of carbonyl (C=O) groups is 2. The summed E-state index contributed by atoms with van der Waals surface area (Å²) < 4.78 is 5.35. The molecule has 4 rings (SSSR count). The van der Waals surface area contributed by atoms with Gasteiger partial charge in [-0.25, -0.2) is 10.8 Å². The van der Waals surface area contributed by atoms with Crippen molar-refractivity contribution in [3.05, 3.63) is 53.2 Å². The van der Waals surface area contributed by atoms with Crippen molar-refractivity contribution < 1.29 is 14.3 Å². The lowest BCUT2D eigenvalue weighted by atomic mass is 9.92. The van der Waals surface area contributed by atoms with Crippen molar-refractivity contribution >= 4 is 17.6 Å². The van der Waals surface area contributed by atoms with Crippen molar-refractivity contribution in [3.8, 4) is 5.75 Å². The van der Waals surface area contributed by atoms with Gasteiger partial charge >= 0.3 is 0 Å². The molecule has 1 saturated heterocycles. The molecule has 2 aliphatic rings. The van der Waals surface area contributed by atoms with E-state index in [0.717, 1.165) is 49.4 Å². The van der Waals surface area contributed by atoms with E-state index in [0.29, 0.717) is 23.1 Å². The van der Waals surface area contributed by atoms with Crippen molar-refractivity contribution in [2.24, 2.45) is 11.8 Å². The highest BCUT2D eigenvalue weighted by Crippen LogP contribution is 2.39. The molecular weight excluding hydrogens is 394 g/mol. The van der Waals surface area contributed by atoms with E-state index in [1.54, 1.807) is 19.4 Å². The minimum absolute atomic E-state index is 0.0538. The molecule has 3 unspecified atom stereocenters. The molecule has 4 N–H and O–H groups in total. The molecule has 1 aromatic carbocycles. The van der Waals surface area contributed by atoms with Crippen LogP contribution in [0.15, 0.2) is 36.5 Å². The molecule has 1 saturated carbocycles. The Hall–Kier alpha value is -3.13. The van der Waals surface area contributed by atoms with E-state index in [9.17, 15) is 9.59 Å². The second kappa shape index (κ2) is 8.93. The van der Waals surface area contributed by atoms with Crippen LogP contribution in [-0.4, -0.2) is 42.5 Å². The first-order chi connectivity index (χ1) is 15.0. The number of benzene rings is 1. The Morgan fingerprint density at radius 3 is 2.74 bits per heavy atom. The normalized spacial score (nSPS) is 22.5. The summed E-state index contributed by atoms with van der Waals surface area (Å²) in [5, 5.41) is 3.24. The number of anilines is 1. The molecule has 3 atom stereocenters. The van der Waals surface area contributed by atoms with Crippen LogP contribution in [0.1, 0.15) is 52.0 Å². The van der Waals surface area contributed by atoms with Crippen LogP contribution in [0.4, 0.5) is 5.82 Å². The van der Waals surface area contributed by atoms with Crippen molar-refractivity contribution in [2.45, 2.75) is 44.7 Å². The van der Waals surface area contributed by atoms with Gasteiger partial charge in [0.1, 0.15) is 11.6 Å². The van der Waals surface area contributed by atoms with Gasteiger partial charge < -0.3 is 15.0 Å². The van der Waals surface area contributed by atoms with Crippen LogP contribution in [0.5, 0.6) is 5.75 Å². The van der Waals surface area contributed by atoms with Gasteiger partial charge in [0.15, 0.2) is 0 Å². The number of fused-ring (bicyclic) bond motifs is 1. The molecule has 0 bridgehead atoms. The average Bonchev–Trinajstić information content (AvgIpc) is 3.21. The molecule has 2 aromatic rings. The maximum absolute atomic E-state index is 12.9. The fourth-order valence-corrected chi connectivity index (χ4v) is 5.00. The number of rotatable bonds is 5. The predicted octanol–water partition coefficient (Wildman–Crippen LogP) is 2.18. The summed E-state index contributed by atoms with van der Waals surface area (Å²) in [6.45, 7) is 2.83. The third-order valence-electron chi connectivity index (χ3n) is 6.55. The fourth-order valence-electron chi connectivity index (χ4n) is 5.00. The molecule has 1 aliphatic carbocycles. The van der Waals surface area contributed by atoms with Gasteiger partial charge in [0.2, 0.25) is 0 Å². The lowest BCUT2D eigenvalue weighted by Crippen LogP contribution is -2.43. The lowest BCUT2D eigenvalue weighted by Gasteiger charge is -2.38. The standard InChI is InChI=1S/C23H29N5O3/c1-14-18(6-3-7-20(14)31-2)23(30)26-17-11-15-5-4-10-28(19(15)12-17)21-9-8-16(13-25-21)22(29)27-24/h3,6-9,13,15,17,19H,4-5,10-12,24H2,1-2H3,(H,26,30)(H,27,29). The largest absolute Gasteiger partial charge is 0.496 e. The van der Waals surface area contributed by atoms with Gasteiger partial charge in [0.05, 0.1) is 12.7 Å². The molecule has 164 valence electrons. The monoisotopic (exact) mass is 423 g/mol. The quantitative estimate of drug-likeness (QED) is 0.386. The summed E-state index contributed by atoms with van der Waals surface area (Å²) in [4.78, 5) is 31.4. The number of nitrogens with one attached hydrogen (secondary N) is 2. The topological polar surface area (TPSA) is 110 Å². The lowest BCUT2D eigenvalue weighted by molar-refractivity contribution is 0.0932. The number of pyridine rings is 1. The summed E-state index contributed by atoms with van der Waals surface area (Å²) >= 11 is 0. The van der Waals surface area contributed by atoms with Gasteiger partial charge in [-0.15, -0.1) is 0 Å². The van der Waals surface area contributed by atoms with Crippen molar-refractivity contribution in [2.75, 3.05) is 18.6 Å². The van der Waals surface area contributed by atoms with E-state index < -0.39 is 0 Å². The summed E-state index contributed by atoms with van der Waals surface area (Å²) in [6, 6.07) is 9.61. The minimum atomic E-state index is -0.355. The summed E-state index contributed by atoms with van der Waals surface area (Å²) in [7, 11) is 1.61. The third-order valence-corrected chi connectivity index (χ3v) is 6.55. The first-order valence-corrected chi connectivity index (χ1v) is 10.7. The Balaban J connectivity index is 1.46. The number of nitrogen functional groups attached to an aromatic ring is 1. The van der Waals surface area contributed by atoms with E-state index in [2.05, 4.69) is 20.6 Å². The maximum atomic E-state index is 12.9. The number of carbonyl (C=O) groups excluding carboxylic acids is 2. The zero-order valence-corrected chi connectivity index (χ0v) is 17.9. The number of piperidine rings is 1. The molecule has 2 amide bonds. The number of nitrogens with zero attached hydrogens (tertiary/aromatic N) is 2. The third kappa shape index (κ3) is 4.20. The van der Waals surface area contributed by atoms with Crippen LogP contribution < -0.4 is 26.2 Å². The highest BCUT2D eigenvalue weighted by atomic mass is 16.5. The number of amides is 2. The Bertz CT molecular complexity index is 962. The van der Waals surface area contributed by atoms with Crippen LogP contribution in [0.2, 0.25) is 0 Å². The molecule has 2 heterocycles. The number of methoxy groups -OCH3 is 1. The fraction of sp³-hybridized carbons (Fsp3) is 0.435. The molecular formula is C23H29N5O3. The number of nitrogens with two attached hydrogens (primary N) is 1. The molecule has 0 spiro atoms. The van der Waals surface area contributed by atoms with Gasteiger partial charge in [-0.1, -0.05) is 6.07 Å². The molecule has 8 nitrogen and oxygen atoms in total. The highest BCUT2D eigenvalue weighted by molar-refractivity contribution is 5.96. The van der Waals surface area contributed by atoms with Crippen LogP contribution in [-0.2, 0) is 0 Å². The zero-order chi connectivity index (χ0) is 22.0. The second-order valence-electron chi connectivity index (χ2n) is 8.32. The number of ether oxygens (including phenoxy) is 1. The van der Waals surface area contributed by atoms with E-state index in [1.807, 2.05) is 31.2 Å². The molecule has 31 heavy (non-hydrogen) atoms. The maximum Gasteiger partial charge on any atom is 0.266 e. The first kappa shape index (κ1) is 21.1. The van der Waals surface area contributed by atoms with E-state index in [1.165, 1.54) is 0 Å². The Morgan fingerprint density at radius 1 is 1.19 bits per heavy atom. The molecule has 0 radical (unpaired) electrons. The summed E-state index contributed by atoms with van der Waals surface area (Å²) in [5.41, 5.74) is 4.07. The first-order valence-electron chi connectivity index (χ1n) is 10.7. The van der Waals surface area contributed by atoms with Crippen molar-refractivity contribution in [1.82, 2.24) is 15.7 Å². The van der Waals surface area contributed by atoms with Gasteiger partial charge in [0.25, 0.3) is 11.8 Å². The van der Waals surface area contributed by atoms with Gasteiger partial charge in [0, 0.05) is 36.0 Å². The molecule has 2 fully saturated rings. The Kier molecular flexibility index (Phi) is 6.08. The van der Waals surface area contributed by atoms with Gasteiger partial charge in [-0.3, -0.25) is 15.0 Å². The second-order valence-corrected chi connectivity index (χ2v) is 8.32. The van der Waals surface area contributed by atoms with Crippen molar-refractivity contribution in [3.63, 3.8) is 0 Å². The number of hydrogen-bond acceptors (Lipinski definition) is 6. The predicted molar refractivity (Wildman–Crippen MR) is 118 cm³/mol. The number of aromatic nitrogens is 1. The van der Waals surface area contributed by atoms with Crippen LogP contribution in [0.3, 0.4) is 0 Å². The Morgan fingerprint density at radius 2 is 2.03 bits per heavy atom.